The fourth-order valence-electron chi connectivity index (χ4n) is 3.39. The number of amides is 2. The van der Waals surface area contributed by atoms with Crippen molar-refractivity contribution in [2.24, 2.45) is 11.1 Å². The number of aromatic nitrogens is 2. The smallest absolute Gasteiger partial charge is 0.236 e. The molecule has 0 radical (unpaired) electrons. The van der Waals surface area contributed by atoms with Crippen molar-refractivity contribution >= 4 is 11.8 Å². The number of rotatable bonds is 7. The summed E-state index contributed by atoms with van der Waals surface area (Å²) in [6, 6.07) is 0.105. The van der Waals surface area contributed by atoms with Crippen LogP contribution in [0.2, 0.25) is 0 Å². The van der Waals surface area contributed by atoms with Crippen LogP contribution in [-0.2, 0) is 16.0 Å². The molecule has 0 unspecified atom stereocenters. The molecular weight excluding hydrogens is 318 g/mol. The molecule has 2 rings (SSSR count). The van der Waals surface area contributed by atoms with Gasteiger partial charge in [0.1, 0.15) is 0 Å². The van der Waals surface area contributed by atoms with Gasteiger partial charge in [0.25, 0.3) is 0 Å². The highest BCUT2D eigenvalue weighted by Gasteiger charge is 2.41. The summed E-state index contributed by atoms with van der Waals surface area (Å²) >= 11 is 0. The van der Waals surface area contributed by atoms with E-state index in [1.807, 2.05) is 13.8 Å². The van der Waals surface area contributed by atoms with Crippen LogP contribution in [0, 0.1) is 5.41 Å². The van der Waals surface area contributed by atoms with Crippen molar-refractivity contribution in [1.82, 2.24) is 20.2 Å². The quantitative estimate of drug-likeness (QED) is 0.763. The van der Waals surface area contributed by atoms with Gasteiger partial charge in [-0.1, -0.05) is 0 Å². The topological polar surface area (TPSA) is 101 Å². The van der Waals surface area contributed by atoms with E-state index < -0.39 is 5.41 Å². The van der Waals surface area contributed by atoms with E-state index >= 15 is 0 Å². The van der Waals surface area contributed by atoms with E-state index in [1.165, 1.54) is 0 Å². The Morgan fingerprint density at radius 3 is 2.60 bits per heavy atom. The second-order valence-corrected chi connectivity index (χ2v) is 7.04. The second-order valence-electron chi connectivity index (χ2n) is 7.04. The Morgan fingerprint density at radius 2 is 2.04 bits per heavy atom. The van der Waals surface area contributed by atoms with Crippen molar-refractivity contribution in [3.05, 3.63) is 24.3 Å². The van der Waals surface area contributed by atoms with E-state index in [0.717, 1.165) is 25.0 Å². The molecule has 0 saturated carbocycles. The number of aryl methyl sites for hydroxylation is 1. The van der Waals surface area contributed by atoms with E-state index in [1.54, 1.807) is 23.5 Å². The zero-order valence-corrected chi connectivity index (χ0v) is 15.2. The largest absolute Gasteiger partial charge is 0.353 e. The van der Waals surface area contributed by atoms with Crippen LogP contribution >= 0.6 is 0 Å². The Hall–Kier alpha value is -2.02. The van der Waals surface area contributed by atoms with Crippen molar-refractivity contribution in [2.75, 3.05) is 19.6 Å². The monoisotopic (exact) mass is 347 g/mol. The van der Waals surface area contributed by atoms with Gasteiger partial charge in [-0.05, 0) is 46.0 Å². The zero-order valence-electron chi connectivity index (χ0n) is 15.2. The van der Waals surface area contributed by atoms with E-state index in [9.17, 15) is 9.59 Å². The molecule has 7 heteroatoms. The van der Waals surface area contributed by atoms with Gasteiger partial charge >= 0.3 is 0 Å². The van der Waals surface area contributed by atoms with Crippen LogP contribution in [0.4, 0.5) is 0 Å². The first-order chi connectivity index (χ1) is 12.0. The summed E-state index contributed by atoms with van der Waals surface area (Å²) < 4.78 is 0. The summed E-state index contributed by atoms with van der Waals surface area (Å²) in [7, 11) is 0. The Labute approximate surface area is 149 Å². The average molecular weight is 347 g/mol. The number of carbonyl (C=O) groups excluding carboxylic acids is 2. The molecule has 7 nitrogen and oxygen atoms in total. The first-order valence-corrected chi connectivity index (χ1v) is 9.00. The molecule has 1 fully saturated rings. The minimum atomic E-state index is -0.419. The molecule has 0 spiro atoms. The lowest BCUT2D eigenvalue weighted by Crippen LogP contribution is -2.52. The standard InChI is InChI=1S/C18H29N5O2/c1-14(2)22-17(25)18(5-3-4-15-13-20-8-9-21-15)6-10-23(11-7-18)16(24)12-19/h8-9,13-14H,3-7,10-12,19H2,1-2H3,(H,22,25). The number of carbonyl (C=O) groups is 2. The van der Waals surface area contributed by atoms with Crippen molar-refractivity contribution in [2.45, 2.75) is 52.0 Å². The SMILES string of the molecule is CC(C)NC(=O)C1(CCCc2cnccn2)CCN(C(=O)CN)CC1. The molecule has 1 aromatic rings. The maximum absolute atomic E-state index is 12.9. The van der Waals surface area contributed by atoms with Crippen LogP contribution in [-0.4, -0.2) is 52.4 Å². The van der Waals surface area contributed by atoms with Crippen LogP contribution < -0.4 is 11.1 Å². The predicted molar refractivity (Wildman–Crippen MR) is 95.6 cm³/mol. The van der Waals surface area contributed by atoms with Gasteiger partial charge in [0.05, 0.1) is 17.7 Å². The van der Waals surface area contributed by atoms with Crippen LogP contribution in [0.3, 0.4) is 0 Å². The summed E-state index contributed by atoms with van der Waals surface area (Å²) in [6.45, 7) is 5.15. The van der Waals surface area contributed by atoms with Crippen LogP contribution in [0.1, 0.15) is 45.2 Å². The van der Waals surface area contributed by atoms with E-state index in [0.29, 0.717) is 25.9 Å². The molecule has 3 N–H and O–H groups in total. The predicted octanol–water partition coefficient (Wildman–Crippen LogP) is 0.891. The maximum Gasteiger partial charge on any atom is 0.236 e. The fraction of sp³-hybridized carbons (Fsp3) is 0.667. The summed E-state index contributed by atoms with van der Waals surface area (Å²) in [6.07, 6.45) is 8.93. The number of nitrogens with two attached hydrogens (primary N) is 1. The molecule has 0 aliphatic carbocycles. The van der Waals surface area contributed by atoms with E-state index in [-0.39, 0.29) is 24.4 Å². The summed E-state index contributed by atoms with van der Waals surface area (Å²) in [5.41, 5.74) is 5.98. The van der Waals surface area contributed by atoms with Crippen molar-refractivity contribution in [1.29, 1.82) is 0 Å². The summed E-state index contributed by atoms with van der Waals surface area (Å²) in [5, 5.41) is 3.06. The van der Waals surface area contributed by atoms with Crippen LogP contribution in [0.25, 0.3) is 0 Å². The third-order valence-electron chi connectivity index (χ3n) is 4.85. The van der Waals surface area contributed by atoms with Gasteiger partial charge in [-0.15, -0.1) is 0 Å². The number of nitrogens with zero attached hydrogens (tertiary/aromatic N) is 3. The molecule has 1 aliphatic rings. The molecule has 1 aliphatic heterocycles. The highest BCUT2D eigenvalue weighted by atomic mass is 16.2. The Morgan fingerprint density at radius 1 is 1.32 bits per heavy atom. The molecule has 2 amide bonds. The lowest BCUT2D eigenvalue weighted by Gasteiger charge is -2.41. The van der Waals surface area contributed by atoms with Gasteiger partial charge in [0, 0.05) is 37.7 Å². The first-order valence-electron chi connectivity index (χ1n) is 9.00. The highest BCUT2D eigenvalue weighted by molar-refractivity contribution is 5.84. The third kappa shape index (κ3) is 5.22. The van der Waals surface area contributed by atoms with Gasteiger partial charge in [-0.25, -0.2) is 0 Å². The normalized spacial score (nSPS) is 16.7. The summed E-state index contributed by atoms with van der Waals surface area (Å²) in [5.74, 6) is 0.0546. The number of likely N-dealkylation sites (tertiary alicyclic amines) is 1. The molecule has 0 aromatic carbocycles. The van der Waals surface area contributed by atoms with Gasteiger partial charge in [0.15, 0.2) is 0 Å². The minimum absolute atomic E-state index is 0.0257. The van der Waals surface area contributed by atoms with Gasteiger partial charge in [-0.3, -0.25) is 19.6 Å². The molecular formula is C18H29N5O2. The Bertz CT molecular complexity index is 568. The van der Waals surface area contributed by atoms with Crippen LogP contribution in [0.5, 0.6) is 0 Å². The molecule has 1 saturated heterocycles. The molecule has 1 aromatic heterocycles. The molecule has 138 valence electrons. The molecule has 2 heterocycles. The lowest BCUT2D eigenvalue weighted by molar-refractivity contribution is -0.140. The third-order valence-corrected chi connectivity index (χ3v) is 4.85. The van der Waals surface area contributed by atoms with Crippen molar-refractivity contribution in [3.63, 3.8) is 0 Å². The van der Waals surface area contributed by atoms with Crippen molar-refractivity contribution < 1.29 is 9.59 Å². The number of hydrogen-bond donors (Lipinski definition) is 2. The second kappa shape index (κ2) is 8.89. The molecule has 0 bridgehead atoms. The zero-order chi connectivity index (χ0) is 18.3. The van der Waals surface area contributed by atoms with E-state index in [4.69, 9.17) is 5.73 Å². The maximum atomic E-state index is 12.9. The van der Waals surface area contributed by atoms with E-state index in [2.05, 4.69) is 15.3 Å². The van der Waals surface area contributed by atoms with Gasteiger partial charge < -0.3 is 16.0 Å². The Balaban J connectivity index is 2.00. The lowest BCUT2D eigenvalue weighted by atomic mass is 9.73. The summed E-state index contributed by atoms with van der Waals surface area (Å²) in [4.78, 5) is 34.8. The number of piperidine rings is 1. The Kier molecular flexibility index (Phi) is 6.87. The van der Waals surface area contributed by atoms with Gasteiger partial charge in [-0.2, -0.15) is 0 Å². The average Bonchev–Trinajstić information content (AvgIpc) is 2.62. The highest BCUT2D eigenvalue weighted by Crippen LogP contribution is 2.37. The van der Waals surface area contributed by atoms with Crippen molar-refractivity contribution in [3.8, 4) is 0 Å². The molecule has 0 atom stereocenters. The minimum Gasteiger partial charge on any atom is -0.353 e. The fourth-order valence-corrected chi connectivity index (χ4v) is 3.39. The molecule has 25 heavy (non-hydrogen) atoms. The van der Waals surface area contributed by atoms with Gasteiger partial charge in [0.2, 0.25) is 11.8 Å². The number of hydrogen-bond acceptors (Lipinski definition) is 5. The van der Waals surface area contributed by atoms with Crippen LogP contribution in [0.15, 0.2) is 18.6 Å². The number of nitrogens with one attached hydrogen (secondary N) is 1. The first kappa shape index (κ1) is 19.3.